The molecule has 0 bridgehead atoms. The summed E-state index contributed by atoms with van der Waals surface area (Å²) >= 11 is 5.95. The Morgan fingerprint density at radius 3 is 2.40 bits per heavy atom. The van der Waals surface area contributed by atoms with Crippen LogP contribution in [0.3, 0.4) is 0 Å². The summed E-state index contributed by atoms with van der Waals surface area (Å²) in [6, 6.07) is 12.0. The fourth-order valence-electron chi connectivity index (χ4n) is 4.05. The molecule has 1 saturated carbocycles. The Hall–Kier alpha value is -2.33. The number of amides is 1. The molecule has 5 heteroatoms. The molecule has 2 aliphatic rings. The molecule has 1 N–H and O–H groups in total. The van der Waals surface area contributed by atoms with Crippen LogP contribution in [-0.4, -0.2) is 28.9 Å². The van der Waals surface area contributed by atoms with Crippen molar-refractivity contribution in [1.82, 2.24) is 9.88 Å². The maximum absolute atomic E-state index is 12.4. The molecule has 4 rings (SSSR count). The van der Waals surface area contributed by atoms with E-state index in [1.54, 1.807) is 6.07 Å². The highest BCUT2D eigenvalue weighted by Crippen LogP contribution is 2.34. The van der Waals surface area contributed by atoms with Gasteiger partial charge >= 0.3 is 0 Å². The van der Waals surface area contributed by atoms with Crippen LogP contribution in [0.15, 0.2) is 47.3 Å². The van der Waals surface area contributed by atoms with Crippen molar-refractivity contribution in [2.45, 2.75) is 45.4 Å². The van der Waals surface area contributed by atoms with E-state index in [0.29, 0.717) is 5.91 Å². The number of likely N-dealkylation sites (tertiary alicyclic amines) is 1. The highest BCUT2D eigenvalue weighted by atomic mass is 35.5. The maximum Gasteiger partial charge on any atom is 0.267 e. The van der Waals surface area contributed by atoms with E-state index in [0.717, 1.165) is 49.2 Å². The first-order valence-corrected chi connectivity index (χ1v) is 11.1. The lowest BCUT2D eigenvalue weighted by atomic mass is 9.85. The van der Waals surface area contributed by atoms with Crippen LogP contribution in [0.2, 0.25) is 5.02 Å². The van der Waals surface area contributed by atoms with Crippen LogP contribution in [0, 0.1) is 11.8 Å². The first-order chi connectivity index (χ1) is 14.2. The Morgan fingerprint density at radius 2 is 1.80 bits per heavy atom. The molecule has 2 fully saturated rings. The predicted octanol–water partition coefficient (Wildman–Crippen LogP) is 5.02. The summed E-state index contributed by atoms with van der Waals surface area (Å²) in [4.78, 5) is 29.5. The van der Waals surface area contributed by atoms with Gasteiger partial charge in [-0.2, -0.15) is 0 Å². The molecule has 1 aliphatic carbocycles. The van der Waals surface area contributed by atoms with Gasteiger partial charge in [0.15, 0.2) is 0 Å². The molecule has 4 nitrogen and oxygen atoms in total. The van der Waals surface area contributed by atoms with Crippen LogP contribution in [-0.2, 0) is 10.2 Å². The average Bonchev–Trinajstić information content (AvgIpc) is 3.45. The summed E-state index contributed by atoms with van der Waals surface area (Å²) in [6.07, 6.45) is 5.23. The van der Waals surface area contributed by atoms with Crippen molar-refractivity contribution in [3.8, 4) is 0 Å². The van der Waals surface area contributed by atoms with Gasteiger partial charge in [-0.05, 0) is 53.9 Å². The Bertz CT molecular complexity index is 1030. The molecular formula is C25H29ClN2O2. The number of benzene rings is 1. The first kappa shape index (κ1) is 20.9. The predicted molar refractivity (Wildman–Crippen MR) is 122 cm³/mol. The minimum absolute atomic E-state index is 0.0755. The molecule has 1 aromatic heterocycles. The van der Waals surface area contributed by atoms with Gasteiger partial charge in [-0.25, -0.2) is 0 Å². The second-order valence-electron chi connectivity index (χ2n) is 9.56. The van der Waals surface area contributed by atoms with E-state index in [9.17, 15) is 9.59 Å². The van der Waals surface area contributed by atoms with Crippen molar-refractivity contribution in [2.24, 2.45) is 11.8 Å². The van der Waals surface area contributed by atoms with Crippen LogP contribution in [0.4, 0.5) is 0 Å². The first-order valence-electron chi connectivity index (χ1n) is 10.7. The van der Waals surface area contributed by atoms with Crippen molar-refractivity contribution in [3.63, 3.8) is 0 Å². The molecule has 1 amide bonds. The van der Waals surface area contributed by atoms with E-state index in [-0.39, 0.29) is 27.8 Å². The van der Waals surface area contributed by atoms with Crippen LogP contribution in [0.1, 0.15) is 56.9 Å². The van der Waals surface area contributed by atoms with Crippen molar-refractivity contribution >= 4 is 23.1 Å². The third-order valence-corrected chi connectivity index (χ3v) is 6.38. The van der Waals surface area contributed by atoms with Crippen molar-refractivity contribution in [3.05, 3.63) is 74.7 Å². The molecular weight excluding hydrogens is 396 g/mol. The minimum atomic E-state index is -0.289. The number of nitrogens with zero attached hydrogens (tertiary/aromatic N) is 1. The third-order valence-electron chi connectivity index (χ3n) is 6.08. The average molecular weight is 425 g/mol. The molecule has 0 radical (unpaired) electrons. The molecule has 1 atom stereocenters. The Morgan fingerprint density at radius 1 is 1.10 bits per heavy atom. The summed E-state index contributed by atoms with van der Waals surface area (Å²) in [5.41, 5.74) is 3.83. The van der Waals surface area contributed by atoms with Gasteiger partial charge in [0.2, 0.25) is 5.91 Å². The van der Waals surface area contributed by atoms with Gasteiger partial charge in [0.1, 0.15) is 5.02 Å². The number of pyridine rings is 1. The second kappa shape index (κ2) is 8.07. The van der Waals surface area contributed by atoms with E-state index in [1.165, 1.54) is 5.56 Å². The van der Waals surface area contributed by atoms with Crippen molar-refractivity contribution < 1.29 is 4.79 Å². The molecule has 158 valence electrons. The van der Waals surface area contributed by atoms with E-state index in [1.807, 2.05) is 11.0 Å². The lowest BCUT2D eigenvalue weighted by Gasteiger charge is -2.20. The molecule has 1 aromatic carbocycles. The largest absolute Gasteiger partial charge is 0.342 e. The minimum Gasteiger partial charge on any atom is -0.342 e. The zero-order valence-corrected chi connectivity index (χ0v) is 18.6. The number of carbonyl (C=O) groups excluding carboxylic acids is 1. The van der Waals surface area contributed by atoms with Gasteiger partial charge in [0, 0.05) is 30.3 Å². The Kier molecular flexibility index (Phi) is 5.63. The van der Waals surface area contributed by atoms with Gasteiger partial charge < -0.3 is 9.88 Å². The second-order valence-corrected chi connectivity index (χ2v) is 9.97. The Labute approximate surface area is 183 Å². The number of nitrogens with one attached hydrogen (secondary N) is 1. The van der Waals surface area contributed by atoms with Gasteiger partial charge in [-0.15, -0.1) is 0 Å². The Balaban J connectivity index is 1.67. The van der Waals surface area contributed by atoms with Crippen LogP contribution >= 0.6 is 11.6 Å². The van der Waals surface area contributed by atoms with Gasteiger partial charge in [-0.1, -0.05) is 62.7 Å². The smallest absolute Gasteiger partial charge is 0.267 e. The molecule has 1 saturated heterocycles. The lowest BCUT2D eigenvalue weighted by molar-refractivity contribution is -0.131. The maximum atomic E-state index is 12.4. The van der Waals surface area contributed by atoms with E-state index < -0.39 is 0 Å². The summed E-state index contributed by atoms with van der Waals surface area (Å²) in [5.74, 6) is 0.829. The summed E-state index contributed by atoms with van der Waals surface area (Å²) in [7, 11) is 0. The standard InChI is InChI=1S/C25H29ClN2O2/c1-25(2,3)19-8-6-17(7-9-19)20(22-11-10-21(26)23(29)27-22)14-16-12-13-28(15-16)24(30)18-4-5-18/h6-11,14,16,18H,4-5,12-13,15H2,1-3H3,(H,27,29)/t16-/m1/s1. The number of hydrogen-bond acceptors (Lipinski definition) is 2. The van der Waals surface area contributed by atoms with Crippen LogP contribution < -0.4 is 5.56 Å². The van der Waals surface area contributed by atoms with Crippen molar-refractivity contribution in [2.75, 3.05) is 13.1 Å². The van der Waals surface area contributed by atoms with Crippen molar-refractivity contribution in [1.29, 1.82) is 0 Å². The van der Waals surface area contributed by atoms with Gasteiger partial charge in [-0.3, -0.25) is 9.59 Å². The number of rotatable bonds is 4. The number of H-pyrrole nitrogens is 1. The molecule has 2 aromatic rings. The summed E-state index contributed by atoms with van der Waals surface area (Å²) < 4.78 is 0. The summed E-state index contributed by atoms with van der Waals surface area (Å²) in [6.45, 7) is 8.14. The van der Waals surface area contributed by atoms with E-state index in [4.69, 9.17) is 11.6 Å². The topological polar surface area (TPSA) is 53.2 Å². The SMILES string of the molecule is CC(C)(C)c1ccc(C(=C[C@H]2CCN(C(=O)C3CC3)C2)c2ccc(Cl)c(=O)[nH]2)cc1. The van der Waals surface area contributed by atoms with E-state index in [2.05, 4.69) is 56.1 Å². The zero-order chi connectivity index (χ0) is 21.5. The van der Waals surface area contributed by atoms with Gasteiger partial charge in [0.25, 0.3) is 5.56 Å². The monoisotopic (exact) mass is 424 g/mol. The quantitative estimate of drug-likeness (QED) is 0.749. The molecule has 0 spiro atoms. The van der Waals surface area contributed by atoms with Crippen LogP contribution in [0.5, 0.6) is 0 Å². The fourth-order valence-corrected chi connectivity index (χ4v) is 4.16. The van der Waals surface area contributed by atoms with E-state index >= 15 is 0 Å². The van der Waals surface area contributed by atoms with Crippen LogP contribution in [0.25, 0.3) is 5.57 Å². The summed E-state index contributed by atoms with van der Waals surface area (Å²) in [5, 5.41) is 0.184. The number of hydrogen-bond donors (Lipinski definition) is 1. The molecule has 1 aliphatic heterocycles. The number of aromatic amines is 1. The zero-order valence-electron chi connectivity index (χ0n) is 17.9. The highest BCUT2D eigenvalue weighted by Gasteiger charge is 2.36. The number of carbonyl (C=O) groups is 1. The number of aromatic nitrogens is 1. The highest BCUT2D eigenvalue weighted by molar-refractivity contribution is 6.30. The normalized spacial score (nSPS) is 19.9. The molecule has 0 unspecified atom stereocenters. The fraction of sp³-hybridized carbons (Fsp3) is 0.440. The van der Waals surface area contributed by atoms with Gasteiger partial charge in [0.05, 0.1) is 0 Å². The number of halogens is 1. The molecule has 30 heavy (non-hydrogen) atoms. The molecule has 2 heterocycles. The third kappa shape index (κ3) is 4.54. The lowest BCUT2D eigenvalue weighted by Crippen LogP contribution is -2.29.